The number of hydrogen-bond acceptors (Lipinski definition) is 5. The first kappa shape index (κ1) is 20.6. The van der Waals surface area contributed by atoms with Crippen LogP contribution in [-0.2, 0) is 9.59 Å². The van der Waals surface area contributed by atoms with Gasteiger partial charge in [0.25, 0.3) is 0 Å². The molecule has 2 aromatic rings. The van der Waals surface area contributed by atoms with Crippen molar-refractivity contribution in [1.82, 2.24) is 9.88 Å². The first-order valence-corrected chi connectivity index (χ1v) is 10.5. The molecular formula is C18H21ClN3O2S2+. The average molecular weight is 411 g/mol. The lowest BCUT2D eigenvalue weighted by molar-refractivity contribution is -0.421. The Balaban J connectivity index is 0.00000117. The fourth-order valence-electron chi connectivity index (χ4n) is 2.61. The van der Waals surface area contributed by atoms with Crippen LogP contribution < -0.4 is 4.99 Å². The van der Waals surface area contributed by atoms with E-state index in [0.717, 1.165) is 10.0 Å². The van der Waals surface area contributed by atoms with Gasteiger partial charge in [-0.2, -0.15) is 4.90 Å². The Morgan fingerprint density at radius 1 is 1.38 bits per heavy atom. The fraction of sp³-hybridized carbons (Fsp3) is 0.333. The van der Waals surface area contributed by atoms with Gasteiger partial charge >= 0.3 is 11.1 Å². The Labute approximate surface area is 166 Å². The zero-order chi connectivity index (χ0) is 19.1. The predicted molar refractivity (Wildman–Crippen MR) is 108 cm³/mol. The van der Waals surface area contributed by atoms with Gasteiger partial charge < -0.3 is 4.79 Å². The van der Waals surface area contributed by atoms with Crippen molar-refractivity contribution in [3.63, 3.8) is 0 Å². The number of carbonyl (C=O) groups is 2. The standard InChI is InChI=1S/C16H14ClN3O2S2.C2H6/c1-18-16-20(12(9-23-16)13-7-19-15(17)24-13)14(22)11(8-21)10-5-3-2-4-6-10;1-2/h2-8,11-12H,9H2,1H3;1-2H3/p+1. The first-order chi connectivity index (χ1) is 12.7. The maximum absolute atomic E-state index is 13.1. The van der Waals surface area contributed by atoms with E-state index < -0.39 is 5.92 Å². The predicted octanol–water partition coefficient (Wildman–Crippen LogP) is 2.49. The molecule has 3 rings (SSSR count). The number of halogens is 1. The van der Waals surface area contributed by atoms with E-state index in [4.69, 9.17) is 11.6 Å². The summed E-state index contributed by atoms with van der Waals surface area (Å²) in [5.74, 6) is -0.389. The minimum atomic E-state index is -0.834. The van der Waals surface area contributed by atoms with E-state index in [9.17, 15) is 9.59 Å². The van der Waals surface area contributed by atoms with Gasteiger partial charge in [0.05, 0.1) is 17.7 Å². The van der Waals surface area contributed by atoms with Gasteiger partial charge in [0.2, 0.25) is 0 Å². The SMILES string of the molecule is CC.C[NH+]=C1SCC(c2cnc(Cl)s2)N1C(=O)C(C=O)c1ccccc1. The van der Waals surface area contributed by atoms with Crippen molar-refractivity contribution in [1.29, 1.82) is 0 Å². The second kappa shape index (κ2) is 9.85. The third-order valence-electron chi connectivity index (χ3n) is 3.74. The molecule has 8 heteroatoms. The fourth-order valence-corrected chi connectivity index (χ4v) is 4.90. The summed E-state index contributed by atoms with van der Waals surface area (Å²) in [6.45, 7) is 4.00. The summed E-state index contributed by atoms with van der Waals surface area (Å²) in [6, 6.07) is 8.90. The van der Waals surface area contributed by atoms with Crippen LogP contribution in [0.1, 0.15) is 36.2 Å². The molecule has 1 amide bonds. The molecule has 2 atom stereocenters. The summed E-state index contributed by atoms with van der Waals surface area (Å²) >= 11 is 8.84. The highest BCUT2D eigenvalue weighted by Gasteiger charge is 2.46. The molecule has 1 aromatic carbocycles. The average Bonchev–Trinajstić information content (AvgIpc) is 3.30. The number of thiazole rings is 1. The summed E-state index contributed by atoms with van der Waals surface area (Å²) in [5.41, 5.74) is 0.686. The minimum absolute atomic E-state index is 0.180. The lowest BCUT2D eigenvalue weighted by Crippen LogP contribution is -2.70. The van der Waals surface area contributed by atoms with Crippen LogP contribution in [0, 0.1) is 0 Å². The topological polar surface area (TPSA) is 64.2 Å². The summed E-state index contributed by atoms with van der Waals surface area (Å²) < 4.78 is 0.440. The van der Waals surface area contributed by atoms with Gasteiger partial charge in [0.1, 0.15) is 12.2 Å². The molecule has 0 spiro atoms. The van der Waals surface area contributed by atoms with Crippen LogP contribution in [0.5, 0.6) is 0 Å². The van der Waals surface area contributed by atoms with Crippen LogP contribution in [-0.4, -0.2) is 40.0 Å². The molecule has 2 unspecified atom stereocenters. The number of aldehydes is 1. The van der Waals surface area contributed by atoms with E-state index in [0.29, 0.717) is 22.1 Å². The highest BCUT2D eigenvalue weighted by Crippen LogP contribution is 2.38. The Morgan fingerprint density at radius 3 is 2.62 bits per heavy atom. The van der Waals surface area contributed by atoms with Crippen molar-refractivity contribution in [2.75, 3.05) is 12.8 Å². The molecule has 26 heavy (non-hydrogen) atoms. The number of thioether (sulfide) groups is 1. The van der Waals surface area contributed by atoms with Crippen LogP contribution in [0.4, 0.5) is 0 Å². The number of rotatable bonds is 4. The molecule has 1 saturated heterocycles. The second-order valence-electron chi connectivity index (χ2n) is 5.13. The Bertz CT molecular complexity index is 780. The van der Waals surface area contributed by atoms with E-state index in [1.807, 2.05) is 32.0 Å². The van der Waals surface area contributed by atoms with Gasteiger partial charge in [0.15, 0.2) is 10.5 Å². The molecule has 1 N–H and O–H groups in total. The molecule has 1 aromatic heterocycles. The van der Waals surface area contributed by atoms with E-state index in [1.54, 1.807) is 42.0 Å². The van der Waals surface area contributed by atoms with Crippen molar-refractivity contribution in [3.8, 4) is 0 Å². The van der Waals surface area contributed by atoms with E-state index >= 15 is 0 Å². The van der Waals surface area contributed by atoms with Crippen LogP contribution in [0.3, 0.4) is 0 Å². The molecule has 0 aliphatic carbocycles. The molecule has 0 radical (unpaired) electrons. The third kappa shape index (κ3) is 4.34. The summed E-state index contributed by atoms with van der Waals surface area (Å²) in [6.07, 6.45) is 2.39. The molecule has 1 aliphatic heterocycles. The highest BCUT2D eigenvalue weighted by atomic mass is 35.5. The number of nitrogens with zero attached hydrogens (tertiary/aromatic N) is 2. The molecule has 138 valence electrons. The van der Waals surface area contributed by atoms with E-state index in [2.05, 4.69) is 9.98 Å². The second-order valence-corrected chi connectivity index (χ2v) is 7.78. The highest BCUT2D eigenvalue weighted by molar-refractivity contribution is 8.13. The summed E-state index contributed by atoms with van der Waals surface area (Å²) in [7, 11) is 1.77. The minimum Gasteiger partial charge on any atom is -0.302 e. The molecule has 1 fully saturated rings. The van der Waals surface area contributed by atoms with Crippen molar-refractivity contribution >= 4 is 52.1 Å². The van der Waals surface area contributed by atoms with E-state index in [1.165, 1.54) is 11.3 Å². The van der Waals surface area contributed by atoms with Gasteiger partial charge in [-0.15, -0.1) is 11.3 Å². The van der Waals surface area contributed by atoms with Crippen LogP contribution in [0.15, 0.2) is 36.5 Å². The van der Waals surface area contributed by atoms with Gasteiger partial charge in [-0.25, -0.2) is 9.78 Å². The molecule has 0 saturated carbocycles. The number of aromatic nitrogens is 1. The molecule has 0 bridgehead atoms. The molecule has 2 heterocycles. The number of hydrogen-bond donors (Lipinski definition) is 1. The first-order valence-electron chi connectivity index (χ1n) is 8.27. The Hall–Kier alpha value is -1.70. The van der Waals surface area contributed by atoms with Crippen molar-refractivity contribution in [3.05, 3.63) is 51.4 Å². The zero-order valence-electron chi connectivity index (χ0n) is 14.8. The lowest BCUT2D eigenvalue weighted by atomic mass is 9.98. The van der Waals surface area contributed by atoms with Crippen molar-refractivity contribution < 1.29 is 14.6 Å². The number of nitrogens with one attached hydrogen (secondary N) is 1. The van der Waals surface area contributed by atoms with Crippen molar-refractivity contribution in [2.45, 2.75) is 25.8 Å². The van der Waals surface area contributed by atoms with Crippen LogP contribution in [0.2, 0.25) is 4.47 Å². The largest absolute Gasteiger partial charge is 0.325 e. The van der Waals surface area contributed by atoms with Gasteiger partial charge in [0, 0.05) is 6.20 Å². The number of amides is 1. The molecular weight excluding hydrogens is 390 g/mol. The Kier molecular flexibility index (Phi) is 7.81. The number of amidine groups is 1. The maximum atomic E-state index is 13.1. The van der Waals surface area contributed by atoms with Crippen LogP contribution >= 0.6 is 34.7 Å². The quantitative estimate of drug-likeness (QED) is 0.621. The van der Waals surface area contributed by atoms with Gasteiger partial charge in [-0.1, -0.05) is 55.8 Å². The number of benzene rings is 1. The van der Waals surface area contributed by atoms with Gasteiger partial charge in [-0.05, 0) is 17.3 Å². The van der Waals surface area contributed by atoms with Crippen LogP contribution in [0.25, 0.3) is 0 Å². The summed E-state index contributed by atoms with van der Waals surface area (Å²) in [5, 5.41) is 0.734. The Morgan fingerprint density at radius 2 is 2.08 bits per heavy atom. The number of carbonyl (C=O) groups excluding carboxylic acids is 2. The normalized spacial score (nSPS) is 19.0. The smallest absolute Gasteiger partial charge is 0.302 e. The monoisotopic (exact) mass is 410 g/mol. The maximum Gasteiger partial charge on any atom is 0.325 e. The lowest BCUT2D eigenvalue weighted by Gasteiger charge is -2.19. The molecule has 5 nitrogen and oxygen atoms in total. The molecule has 1 aliphatic rings. The third-order valence-corrected chi connectivity index (χ3v) is 6.12. The zero-order valence-corrected chi connectivity index (χ0v) is 17.2. The van der Waals surface area contributed by atoms with E-state index in [-0.39, 0.29) is 11.9 Å². The van der Waals surface area contributed by atoms with Gasteiger partial charge in [-0.3, -0.25) is 4.99 Å². The van der Waals surface area contributed by atoms with Crippen molar-refractivity contribution in [2.24, 2.45) is 0 Å². The summed E-state index contributed by atoms with van der Waals surface area (Å²) in [4.78, 5) is 34.4.